The first-order valence-electron chi connectivity index (χ1n) is 8.04. The second-order valence-electron chi connectivity index (χ2n) is 5.79. The molecule has 0 N–H and O–H groups in total. The Morgan fingerprint density at radius 2 is 1.81 bits per heavy atom. The van der Waals surface area contributed by atoms with E-state index in [1.165, 1.54) is 19.2 Å². The molecule has 0 bridgehead atoms. The molecule has 0 aliphatic heterocycles. The number of ether oxygens (including phenoxy) is 1. The molecule has 0 saturated heterocycles. The van der Waals surface area contributed by atoms with Crippen molar-refractivity contribution in [3.05, 3.63) is 72.7 Å². The predicted octanol–water partition coefficient (Wildman–Crippen LogP) is 4.94. The third kappa shape index (κ3) is 2.98. The Morgan fingerprint density at radius 1 is 1.04 bits per heavy atom. The van der Waals surface area contributed by atoms with Gasteiger partial charge in [0.1, 0.15) is 9.04 Å². The van der Waals surface area contributed by atoms with Crippen LogP contribution in [0, 0.1) is 5.82 Å². The second-order valence-corrected chi connectivity index (χ2v) is 8.93. The van der Waals surface area contributed by atoms with Gasteiger partial charge in [0.15, 0.2) is 11.6 Å². The summed E-state index contributed by atoms with van der Waals surface area (Å²) in [5.74, 6) is -0.727. The number of pyridine rings is 1. The highest BCUT2D eigenvalue weighted by atomic mass is 32.2. The van der Waals surface area contributed by atoms with Gasteiger partial charge in [0, 0.05) is 17.1 Å². The van der Waals surface area contributed by atoms with Crippen LogP contribution in [0.5, 0.6) is 5.75 Å². The lowest BCUT2D eigenvalue weighted by Gasteiger charge is -2.08. The zero-order chi connectivity index (χ0) is 19.0. The molecule has 4 aromatic rings. The number of fused-ring (bicyclic) bond motifs is 1. The Balaban J connectivity index is 2.00. The van der Waals surface area contributed by atoms with Crippen molar-refractivity contribution in [1.29, 1.82) is 0 Å². The normalized spacial score (nSPS) is 11.6. The van der Waals surface area contributed by atoms with Crippen LogP contribution in [0.15, 0.2) is 76.0 Å². The van der Waals surface area contributed by atoms with Gasteiger partial charge in [0.25, 0.3) is 0 Å². The molecular formula is C20H14FNO3S2. The number of nitrogens with zero attached hydrogens (tertiary/aromatic N) is 1. The Kier molecular flexibility index (Phi) is 4.41. The molecule has 0 fully saturated rings. The molecule has 0 aliphatic carbocycles. The molecule has 2 heterocycles. The molecule has 136 valence electrons. The van der Waals surface area contributed by atoms with Gasteiger partial charge in [-0.05, 0) is 35.9 Å². The average Bonchev–Trinajstić information content (AvgIpc) is 3.09. The number of sulfone groups is 1. The summed E-state index contributed by atoms with van der Waals surface area (Å²) in [5, 5.41) is 0.751. The predicted molar refractivity (Wildman–Crippen MR) is 103 cm³/mol. The van der Waals surface area contributed by atoms with Gasteiger partial charge < -0.3 is 4.74 Å². The number of aromatic nitrogens is 1. The number of benzene rings is 2. The van der Waals surface area contributed by atoms with E-state index in [2.05, 4.69) is 4.98 Å². The molecule has 2 aromatic heterocycles. The van der Waals surface area contributed by atoms with Crippen LogP contribution < -0.4 is 4.74 Å². The summed E-state index contributed by atoms with van der Waals surface area (Å²) in [6.07, 6.45) is 1.62. The molecule has 2 aromatic carbocycles. The van der Waals surface area contributed by atoms with Crippen LogP contribution in [-0.4, -0.2) is 20.5 Å². The van der Waals surface area contributed by atoms with Gasteiger partial charge in [-0.25, -0.2) is 17.8 Å². The van der Waals surface area contributed by atoms with Crippen LogP contribution in [0.25, 0.3) is 21.3 Å². The first-order valence-corrected chi connectivity index (χ1v) is 10.3. The highest BCUT2D eigenvalue weighted by molar-refractivity contribution is 7.93. The zero-order valence-corrected chi connectivity index (χ0v) is 15.9. The fraction of sp³-hybridized carbons (Fsp3) is 0.0500. The maximum Gasteiger partial charge on any atom is 0.216 e. The third-order valence-electron chi connectivity index (χ3n) is 4.17. The third-order valence-corrected chi connectivity index (χ3v) is 7.56. The van der Waals surface area contributed by atoms with Crippen molar-refractivity contribution in [3.8, 4) is 16.9 Å². The highest BCUT2D eigenvalue weighted by Crippen LogP contribution is 2.43. The van der Waals surface area contributed by atoms with Gasteiger partial charge in [0.2, 0.25) is 9.84 Å². The number of methoxy groups -OCH3 is 1. The maximum absolute atomic E-state index is 14.1. The Hall–Kier alpha value is -2.77. The number of thiophene rings is 1. The molecule has 0 radical (unpaired) electrons. The Bertz CT molecular complexity index is 1230. The Labute approximate surface area is 159 Å². The van der Waals surface area contributed by atoms with Crippen LogP contribution in [-0.2, 0) is 9.84 Å². The van der Waals surface area contributed by atoms with E-state index in [0.717, 1.165) is 28.4 Å². The minimum atomic E-state index is -3.94. The first-order chi connectivity index (χ1) is 13.0. The molecule has 27 heavy (non-hydrogen) atoms. The lowest BCUT2D eigenvalue weighted by Crippen LogP contribution is -2.02. The summed E-state index contributed by atoms with van der Waals surface area (Å²) in [6, 6.07) is 16.5. The van der Waals surface area contributed by atoms with E-state index in [9.17, 15) is 12.8 Å². The first kappa shape index (κ1) is 17.6. The summed E-state index contributed by atoms with van der Waals surface area (Å²) in [5.41, 5.74) is 1.35. The minimum Gasteiger partial charge on any atom is -0.494 e. The topological polar surface area (TPSA) is 56.3 Å². The van der Waals surface area contributed by atoms with E-state index < -0.39 is 15.7 Å². The molecule has 0 spiro atoms. The van der Waals surface area contributed by atoms with Gasteiger partial charge in [-0.2, -0.15) is 0 Å². The van der Waals surface area contributed by atoms with Gasteiger partial charge in [0.05, 0.1) is 12.0 Å². The monoisotopic (exact) mass is 399 g/mol. The van der Waals surface area contributed by atoms with E-state index in [0.29, 0.717) is 10.4 Å². The van der Waals surface area contributed by atoms with Crippen LogP contribution in [0.3, 0.4) is 0 Å². The summed E-state index contributed by atoms with van der Waals surface area (Å²) in [4.78, 5) is 4.79. The number of rotatable bonds is 4. The average molecular weight is 399 g/mol. The van der Waals surface area contributed by atoms with Crippen LogP contribution in [0.2, 0.25) is 0 Å². The van der Waals surface area contributed by atoms with Gasteiger partial charge in [-0.1, -0.05) is 30.3 Å². The van der Waals surface area contributed by atoms with Gasteiger partial charge >= 0.3 is 0 Å². The maximum atomic E-state index is 14.1. The molecule has 0 atom stereocenters. The van der Waals surface area contributed by atoms with Crippen molar-refractivity contribution in [3.63, 3.8) is 0 Å². The van der Waals surface area contributed by atoms with E-state index in [-0.39, 0.29) is 14.9 Å². The fourth-order valence-electron chi connectivity index (χ4n) is 2.90. The molecular weight excluding hydrogens is 385 g/mol. The van der Waals surface area contributed by atoms with Gasteiger partial charge in [-0.3, -0.25) is 0 Å². The van der Waals surface area contributed by atoms with Crippen molar-refractivity contribution in [1.82, 2.24) is 4.98 Å². The molecule has 4 rings (SSSR count). The van der Waals surface area contributed by atoms with Crippen molar-refractivity contribution in [2.24, 2.45) is 0 Å². The van der Waals surface area contributed by atoms with Crippen molar-refractivity contribution >= 4 is 31.4 Å². The second kappa shape index (κ2) is 6.75. The minimum absolute atomic E-state index is 0.00441. The Morgan fingerprint density at radius 3 is 2.52 bits per heavy atom. The lowest BCUT2D eigenvalue weighted by molar-refractivity contribution is 0.385. The molecule has 0 unspecified atom stereocenters. The van der Waals surface area contributed by atoms with Crippen LogP contribution >= 0.6 is 11.3 Å². The summed E-state index contributed by atoms with van der Waals surface area (Å²) in [7, 11) is -2.61. The summed E-state index contributed by atoms with van der Waals surface area (Å²) >= 11 is 1.08. The number of halogens is 1. The van der Waals surface area contributed by atoms with Crippen LogP contribution in [0.4, 0.5) is 4.39 Å². The highest BCUT2D eigenvalue weighted by Gasteiger charge is 2.28. The SMILES string of the molecule is COc1ccc(S(=O)(=O)c2sc3ncccc3c2-c2ccccc2)cc1F. The van der Waals surface area contributed by atoms with E-state index >= 15 is 0 Å². The largest absolute Gasteiger partial charge is 0.494 e. The fourth-order valence-corrected chi connectivity index (χ4v) is 5.98. The van der Waals surface area contributed by atoms with E-state index in [1.807, 2.05) is 36.4 Å². The molecule has 0 saturated carbocycles. The molecule has 0 amide bonds. The van der Waals surface area contributed by atoms with Crippen molar-refractivity contribution < 1.29 is 17.5 Å². The zero-order valence-electron chi connectivity index (χ0n) is 14.2. The van der Waals surface area contributed by atoms with E-state index in [1.54, 1.807) is 12.3 Å². The van der Waals surface area contributed by atoms with Crippen molar-refractivity contribution in [2.45, 2.75) is 9.10 Å². The molecule has 0 aliphatic rings. The van der Waals surface area contributed by atoms with E-state index in [4.69, 9.17) is 4.74 Å². The number of hydrogen-bond acceptors (Lipinski definition) is 5. The smallest absolute Gasteiger partial charge is 0.216 e. The summed E-state index contributed by atoms with van der Waals surface area (Å²) < 4.78 is 45.8. The lowest BCUT2D eigenvalue weighted by atomic mass is 10.1. The van der Waals surface area contributed by atoms with Crippen molar-refractivity contribution in [2.75, 3.05) is 7.11 Å². The molecule has 7 heteroatoms. The quantitative estimate of drug-likeness (QED) is 0.488. The standard InChI is InChI=1S/C20H14FNO3S2/c1-25-17-10-9-14(12-16(17)21)27(23,24)20-18(13-6-3-2-4-7-13)15-8-5-11-22-19(15)26-20/h2-12H,1H3. The van der Waals surface area contributed by atoms with Gasteiger partial charge in [-0.15, -0.1) is 11.3 Å². The van der Waals surface area contributed by atoms with Crippen LogP contribution in [0.1, 0.15) is 0 Å². The molecule has 4 nitrogen and oxygen atoms in total. The summed E-state index contributed by atoms with van der Waals surface area (Å²) in [6.45, 7) is 0. The number of hydrogen-bond donors (Lipinski definition) is 0.